The third-order valence-corrected chi connectivity index (χ3v) is 4.06. The zero-order valence-corrected chi connectivity index (χ0v) is 14.2. The van der Waals surface area contributed by atoms with Crippen LogP contribution in [0.4, 0.5) is 0 Å². The standard InChI is InChI=1S/C19H20N4O2/c1-3-15(23-19(25)16-9-14(10-20-16)12(2)24)18-21-11-17(22-18)13-7-5-4-6-8-13/h4-11,15,20H,3H2,1-2H3,(H,21,22)(H,23,25)/t15-/m1/s1. The summed E-state index contributed by atoms with van der Waals surface area (Å²) in [6.07, 6.45) is 3.99. The summed E-state index contributed by atoms with van der Waals surface area (Å²) in [6, 6.07) is 11.2. The van der Waals surface area contributed by atoms with E-state index in [9.17, 15) is 9.59 Å². The Kier molecular flexibility index (Phi) is 4.79. The van der Waals surface area contributed by atoms with Crippen LogP contribution in [0.5, 0.6) is 0 Å². The number of ketones is 1. The van der Waals surface area contributed by atoms with Gasteiger partial charge in [-0.15, -0.1) is 0 Å². The number of hydrogen-bond donors (Lipinski definition) is 3. The normalized spacial score (nSPS) is 11.9. The molecule has 3 rings (SSSR count). The van der Waals surface area contributed by atoms with Crippen molar-refractivity contribution in [1.29, 1.82) is 0 Å². The van der Waals surface area contributed by atoms with Gasteiger partial charge in [-0.2, -0.15) is 0 Å². The number of imidazole rings is 1. The fourth-order valence-electron chi connectivity index (χ4n) is 2.61. The first-order valence-electron chi connectivity index (χ1n) is 8.19. The van der Waals surface area contributed by atoms with Crippen LogP contribution >= 0.6 is 0 Å². The summed E-state index contributed by atoms with van der Waals surface area (Å²) in [6.45, 7) is 3.44. The quantitative estimate of drug-likeness (QED) is 0.602. The summed E-state index contributed by atoms with van der Waals surface area (Å²) in [7, 11) is 0. The number of rotatable bonds is 6. The fourth-order valence-corrected chi connectivity index (χ4v) is 2.61. The van der Waals surface area contributed by atoms with E-state index in [1.54, 1.807) is 18.5 Å². The van der Waals surface area contributed by atoms with Gasteiger partial charge >= 0.3 is 0 Å². The van der Waals surface area contributed by atoms with Crippen LogP contribution in [-0.2, 0) is 0 Å². The van der Waals surface area contributed by atoms with Gasteiger partial charge in [-0.05, 0) is 25.0 Å². The molecule has 6 nitrogen and oxygen atoms in total. The molecule has 0 bridgehead atoms. The van der Waals surface area contributed by atoms with Crippen LogP contribution in [0.2, 0.25) is 0 Å². The molecule has 0 radical (unpaired) electrons. The van der Waals surface area contributed by atoms with Crippen LogP contribution in [0, 0.1) is 0 Å². The third kappa shape index (κ3) is 3.68. The van der Waals surface area contributed by atoms with Gasteiger partial charge in [0.15, 0.2) is 5.78 Å². The Labute approximate surface area is 145 Å². The van der Waals surface area contributed by atoms with Gasteiger partial charge in [-0.1, -0.05) is 37.3 Å². The van der Waals surface area contributed by atoms with Crippen molar-refractivity contribution in [1.82, 2.24) is 20.3 Å². The maximum atomic E-state index is 12.4. The van der Waals surface area contributed by atoms with Crippen molar-refractivity contribution < 1.29 is 9.59 Å². The molecule has 0 saturated heterocycles. The molecule has 2 aromatic heterocycles. The number of hydrogen-bond acceptors (Lipinski definition) is 3. The SMILES string of the molecule is CC[C@@H](NC(=O)c1cc(C(C)=O)c[nH]1)c1ncc(-c2ccccc2)[nH]1. The minimum Gasteiger partial charge on any atom is -0.356 e. The van der Waals surface area contributed by atoms with E-state index in [0.29, 0.717) is 23.5 Å². The Morgan fingerprint density at radius 1 is 1.24 bits per heavy atom. The van der Waals surface area contributed by atoms with Crippen molar-refractivity contribution in [2.24, 2.45) is 0 Å². The number of carbonyl (C=O) groups is 2. The molecule has 0 aliphatic heterocycles. The largest absolute Gasteiger partial charge is 0.356 e. The molecule has 1 aromatic carbocycles. The maximum absolute atomic E-state index is 12.4. The number of benzene rings is 1. The summed E-state index contributed by atoms with van der Waals surface area (Å²) in [5.74, 6) is 0.353. The number of Topliss-reactive ketones (excluding diaryl/α,β-unsaturated/α-hetero) is 1. The fraction of sp³-hybridized carbons (Fsp3) is 0.211. The lowest BCUT2D eigenvalue weighted by Crippen LogP contribution is -2.29. The second-order valence-corrected chi connectivity index (χ2v) is 5.84. The van der Waals surface area contributed by atoms with E-state index in [1.165, 1.54) is 6.92 Å². The summed E-state index contributed by atoms with van der Waals surface area (Å²) in [4.78, 5) is 34.3. The molecule has 128 valence electrons. The van der Waals surface area contributed by atoms with Gasteiger partial charge in [0.1, 0.15) is 11.5 Å². The van der Waals surface area contributed by atoms with Gasteiger partial charge in [0, 0.05) is 11.8 Å². The highest BCUT2D eigenvalue weighted by atomic mass is 16.2. The second kappa shape index (κ2) is 7.17. The molecule has 0 aliphatic rings. The van der Waals surface area contributed by atoms with E-state index in [1.807, 2.05) is 37.3 Å². The topological polar surface area (TPSA) is 90.6 Å². The van der Waals surface area contributed by atoms with Crippen molar-refractivity contribution in [2.75, 3.05) is 0 Å². The number of nitrogens with one attached hydrogen (secondary N) is 3. The van der Waals surface area contributed by atoms with Crippen molar-refractivity contribution >= 4 is 11.7 Å². The molecule has 1 atom stereocenters. The average molecular weight is 336 g/mol. The highest BCUT2D eigenvalue weighted by molar-refractivity contribution is 5.99. The molecule has 3 aromatic rings. The Morgan fingerprint density at radius 3 is 2.64 bits per heavy atom. The van der Waals surface area contributed by atoms with Gasteiger partial charge < -0.3 is 15.3 Å². The molecule has 0 saturated carbocycles. The minimum atomic E-state index is -0.267. The Hall–Kier alpha value is -3.15. The van der Waals surface area contributed by atoms with Gasteiger partial charge in [0.2, 0.25) is 0 Å². The van der Waals surface area contributed by atoms with Crippen molar-refractivity contribution in [3.63, 3.8) is 0 Å². The van der Waals surface area contributed by atoms with Crippen LogP contribution in [0.1, 0.15) is 53.0 Å². The lowest BCUT2D eigenvalue weighted by molar-refractivity contribution is 0.0929. The average Bonchev–Trinajstić information content (AvgIpc) is 3.30. The van der Waals surface area contributed by atoms with Crippen LogP contribution < -0.4 is 5.32 Å². The molecule has 25 heavy (non-hydrogen) atoms. The number of carbonyl (C=O) groups excluding carboxylic acids is 2. The zero-order chi connectivity index (χ0) is 17.8. The summed E-state index contributed by atoms with van der Waals surface area (Å²) < 4.78 is 0. The van der Waals surface area contributed by atoms with Crippen LogP contribution in [0.15, 0.2) is 48.8 Å². The molecule has 0 spiro atoms. The first kappa shape index (κ1) is 16.7. The number of nitrogens with zero attached hydrogens (tertiary/aromatic N) is 1. The monoisotopic (exact) mass is 336 g/mol. The predicted octanol–water partition coefficient (Wildman–Crippen LogP) is 3.49. The number of aromatic amines is 2. The summed E-state index contributed by atoms with van der Waals surface area (Å²) in [5.41, 5.74) is 2.79. The summed E-state index contributed by atoms with van der Waals surface area (Å²) in [5, 5.41) is 2.94. The predicted molar refractivity (Wildman–Crippen MR) is 95.3 cm³/mol. The molecule has 3 N–H and O–H groups in total. The van der Waals surface area contributed by atoms with Gasteiger partial charge in [0.05, 0.1) is 17.9 Å². The lowest BCUT2D eigenvalue weighted by Gasteiger charge is -2.14. The van der Waals surface area contributed by atoms with E-state index >= 15 is 0 Å². The van der Waals surface area contributed by atoms with Crippen molar-refractivity contribution in [2.45, 2.75) is 26.3 Å². The van der Waals surface area contributed by atoms with E-state index in [-0.39, 0.29) is 17.7 Å². The van der Waals surface area contributed by atoms with E-state index in [0.717, 1.165) is 11.3 Å². The van der Waals surface area contributed by atoms with Crippen molar-refractivity contribution in [3.8, 4) is 11.3 Å². The first-order chi connectivity index (χ1) is 12.1. The number of H-pyrrole nitrogens is 2. The lowest BCUT2D eigenvalue weighted by atomic mass is 10.2. The van der Waals surface area contributed by atoms with Gasteiger partial charge in [0.25, 0.3) is 5.91 Å². The smallest absolute Gasteiger partial charge is 0.268 e. The first-order valence-corrected chi connectivity index (χ1v) is 8.19. The van der Waals surface area contributed by atoms with E-state index in [2.05, 4.69) is 20.3 Å². The highest BCUT2D eigenvalue weighted by Gasteiger charge is 2.18. The van der Waals surface area contributed by atoms with Crippen molar-refractivity contribution in [3.05, 3.63) is 65.9 Å². The summed E-state index contributed by atoms with van der Waals surface area (Å²) >= 11 is 0. The molecule has 0 aliphatic carbocycles. The third-order valence-electron chi connectivity index (χ3n) is 4.06. The number of amides is 1. The van der Waals surface area contributed by atoms with E-state index < -0.39 is 0 Å². The molecular formula is C19H20N4O2. The molecule has 0 fully saturated rings. The van der Waals surface area contributed by atoms with E-state index in [4.69, 9.17) is 0 Å². The molecular weight excluding hydrogens is 316 g/mol. The molecule has 1 amide bonds. The number of aromatic nitrogens is 3. The van der Waals surface area contributed by atoms with Gasteiger partial charge in [-0.3, -0.25) is 9.59 Å². The van der Waals surface area contributed by atoms with Gasteiger partial charge in [-0.25, -0.2) is 4.98 Å². The minimum absolute atomic E-state index is 0.0825. The Balaban J connectivity index is 1.75. The zero-order valence-electron chi connectivity index (χ0n) is 14.2. The second-order valence-electron chi connectivity index (χ2n) is 5.84. The van der Waals surface area contributed by atoms with Crippen LogP contribution in [0.3, 0.4) is 0 Å². The molecule has 2 heterocycles. The highest BCUT2D eigenvalue weighted by Crippen LogP contribution is 2.20. The maximum Gasteiger partial charge on any atom is 0.268 e. The van der Waals surface area contributed by atoms with Crippen LogP contribution in [0.25, 0.3) is 11.3 Å². The van der Waals surface area contributed by atoms with Crippen LogP contribution in [-0.4, -0.2) is 26.6 Å². The Bertz CT molecular complexity index is 880. The Morgan fingerprint density at radius 2 is 2.00 bits per heavy atom. The molecule has 0 unspecified atom stereocenters. The molecule has 6 heteroatoms.